The molecule has 0 aliphatic carbocycles. The van der Waals surface area contributed by atoms with E-state index in [0.29, 0.717) is 18.2 Å². The number of aryl methyl sites for hydroxylation is 1. The molecule has 0 bridgehead atoms. The number of anilines is 1. The molecule has 26 heavy (non-hydrogen) atoms. The molecule has 1 unspecified atom stereocenters. The molecule has 1 aliphatic heterocycles. The molecule has 4 heteroatoms. The highest BCUT2D eigenvalue weighted by atomic mass is 16.5. The topological polar surface area (TPSA) is 50.4 Å². The van der Waals surface area contributed by atoms with Crippen molar-refractivity contribution in [2.75, 3.05) is 18.5 Å². The van der Waals surface area contributed by atoms with Gasteiger partial charge in [-0.1, -0.05) is 18.7 Å². The minimum atomic E-state index is -0.212. The van der Waals surface area contributed by atoms with Crippen LogP contribution in [0.25, 0.3) is 0 Å². The Labute approximate surface area is 157 Å². The summed E-state index contributed by atoms with van der Waals surface area (Å²) in [5.41, 5.74) is 2.47. The molecule has 1 aromatic rings. The molecule has 140 valence electrons. The van der Waals surface area contributed by atoms with E-state index in [4.69, 9.17) is 4.74 Å². The van der Waals surface area contributed by atoms with Gasteiger partial charge in [-0.15, -0.1) is 0 Å². The normalized spacial score (nSPS) is 17.5. The van der Waals surface area contributed by atoms with Crippen LogP contribution in [-0.4, -0.2) is 25.1 Å². The smallest absolute Gasteiger partial charge is 0.255 e. The third-order valence-electron chi connectivity index (χ3n) is 4.49. The van der Waals surface area contributed by atoms with Gasteiger partial charge in [0.25, 0.3) is 5.91 Å². The van der Waals surface area contributed by atoms with Crippen molar-refractivity contribution in [3.63, 3.8) is 0 Å². The predicted octanol–water partition coefficient (Wildman–Crippen LogP) is 4.36. The summed E-state index contributed by atoms with van der Waals surface area (Å²) in [5, 5.41) is 6.40. The lowest BCUT2D eigenvalue weighted by atomic mass is 10.0. The van der Waals surface area contributed by atoms with Gasteiger partial charge in [0.1, 0.15) is 5.76 Å². The lowest BCUT2D eigenvalue weighted by molar-refractivity contribution is -0.112. The molecular weight excluding hydrogens is 324 g/mol. The lowest BCUT2D eigenvalue weighted by Gasteiger charge is -2.10. The van der Waals surface area contributed by atoms with Crippen molar-refractivity contribution in [2.45, 2.75) is 45.6 Å². The molecular formula is C22H30N2O2. The molecule has 0 spiro atoms. The summed E-state index contributed by atoms with van der Waals surface area (Å²) in [7, 11) is 0. The summed E-state index contributed by atoms with van der Waals surface area (Å²) in [6.07, 6.45) is 10.1. The van der Waals surface area contributed by atoms with Gasteiger partial charge in [-0.3, -0.25) is 4.79 Å². The van der Waals surface area contributed by atoms with Crippen LogP contribution in [0.15, 0.2) is 60.4 Å². The molecule has 0 radical (unpaired) electrons. The molecule has 0 saturated carbocycles. The second-order valence-electron chi connectivity index (χ2n) is 6.47. The quantitative estimate of drug-likeness (QED) is 0.393. The van der Waals surface area contributed by atoms with Crippen LogP contribution in [0.2, 0.25) is 0 Å². The summed E-state index contributed by atoms with van der Waals surface area (Å²) < 4.78 is 5.41. The number of amides is 1. The number of rotatable bonds is 9. The molecule has 2 N–H and O–H groups in total. The van der Waals surface area contributed by atoms with Crippen molar-refractivity contribution in [3.05, 3.63) is 66.0 Å². The van der Waals surface area contributed by atoms with E-state index in [1.165, 1.54) is 24.8 Å². The van der Waals surface area contributed by atoms with Crippen LogP contribution >= 0.6 is 0 Å². The monoisotopic (exact) mass is 354 g/mol. The first-order chi connectivity index (χ1) is 12.6. The average Bonchev–Trinajstić information content (AvgIpc) is 3.17. The summed E-state index contributed by atoms with van der Waals surface area (Å²) in [6.45, 7) is 9.37. The van der Waals surface area contributed by atoms with Crippen molar-refractivity contribution in [1.82, 2.24) is 5.32 Å². The van der Waals surface area contributed by atoms with Gasteiger partial charge in [-0.05, 0) is 82.0 Å². The fraction of sp³-hybridized carbons (Fsp3) is 0.409. The molecule has 1 atom stereocenters. The average molecular weight is 354 g/mol. The van der Waals surface area contributed by atoms with E-state index < -0.39 is 0 Å². The minimum absolute atomic E-state index is 0.212. The standard InChI is InChI=1S/C22H30N2O2/c1-4-21(26-5-2)15-8-17(3)22(25)24-20-13-10-18(11-14-20)9-12-19-7-6-16-23-19/h4,8,10-11,13-15,19,23H,3,5-7,9,12,16H2,1-2H3,(H,24,25)/b15-8-,21-4+. The molecule has 4 nitrogen and oxygen atoms in total. The fourth-order valence-corrected chi connectivity index (χ4v) is 2.96. The van der Waals surface area contributed by atoms with Gasteiger partial charge >= 0.3 is 0 Å². The van der Waals surface area contributed by atoms with E-state index in [2.05, 4.69) is 29.3 Å². The van der Waals surface area contributed by atoms with Gasteiger partial charge in [0.2, 0.25) is 0 Å². The van der Waals surface area contributed by atoms with E-state index >= 15 is 0 Å². The van der Waals surface area contributed by atoms with Gasteiger partial charge in [0.15, 0.2) is 0 Å². The number of hydrogen-bond donors (Lipinski definition) is 2. The van der Waals surface area contributed by atoms with Crippen molar-refractivity contribution >= 4 is 11.6 Å². The number of carbonyl (C=O) groups is 1. The highest BCUT2D eigenvalue weighted by Crippen LogP contribution is 2.16. The lowest BCUT2D eigenvalue weighted by Crippen LogP contribution is -2.21. The maximum atomic E-state index is 12.2. The van der Waals surface area contributed by atoms with Gasteiger partial charge in [-0.2, -0.15) is 0 Å². The van der Waals surface area contributed by atoms with Gasteiger partial charge in [0, 0.05) is 17.3 Å². The highest BCUT2D eigenvalue weighted by molar-refractivity contribution is 6.05. The summed E-state index contributed by atoms with van der Waals surface area (Å²) in [5.74, 6) is 0.513. The minimum Gasteiger partial charge on any atom is -0.494 e. The van der Waals surface area contributed by atoms with E-state index in [1.54, 1.807) is 12.2 Å². The first-order valence-electron chi connectivity index (χ1n) is 9.42. The highest BCUT2D eigenvalue weighted by Gasteiger charge is 2.13. The van der Waals surface area contributed by atoms with Gasteiger partial charge in [0.05, 0.1) is 6.61 Å². The van der Waals surface area contributed by atoms with E-state index in [-0.39, 0.29) is 5.91 Å². The summed E-state index contributed by atoms with van der Waals surface area (Å²) in [4.78, 5) is 12.2. The van der Waals surface area contributed by atoms with Gasteiger partial charge in [-0.25, -0.2) is 0 Å². The van der Waals surface area contributed by atoms with Crippen LogP contribution in [0.5, 0.6) is 0 Å². The van der Waals surface area contributed by atoms with Crippen molar-refractivity contribution in [1.29, 1.82) is 0 Å². The number of carbonyl (C=O) groups excluding carboxylic acids is 1. The Morgan fingerprint density at radius 1 is 1.35 bits per heavy atom. The molecule has 2 rings (SSSR count). The molecule has 0 aromatic heterocycles. The Hall–Kier alpha value is -2.33. The number of allylic oxidation sites excluding steroid dienone is 2. The van der Waals surface area contributed by atoms with Crippen LogP contribution in [0.4, 0.5) is 5.69 Å². The number of hydrogen-bond acceptors (Lipinski definition) is 3. The van der Waals surface area contributed by atoms with E-state index in [9.17, 15) is 4.79 Å². The molecule has 1 aliphatic rings. The Kier molecular flexibility index (Phi) is 8.16. The predicted molar refractivity (Wildman–Crippen MR) is 108 cm³/mol. The second-order valence-corrected chi connectivity index (χ2v) is 6.47. The third kappa shape index (κ3) is 6.52. The Bertz CT molecular complexity index is 653. The van der Waals surface area contributed by atoms with Crippen molar-refractivity contribution in [2.24, 2.45) is 0 Å². The number of ether oxygens (including phenoxy) is 1. The third-order valence-corrected chi connectivity index (χ3v) is 4.49. The molecule has 1 fully saturated rings. The zero-order valence-electron chi connectivity index (χ0n) is 15.9. The second kappa shape index (κ2) is 10.6. The maximum Gasteiger partial charge on any atom is 0.255 e. The van der Waals surface area contributed by atoms with E-state index in [1.807, 2.05) is 32.1 Å². The Morgan fingerprint density at radius 3 is 2.73 bits per heavy atom. The Morgan fingerprint density at radius 2 is 2.12 bits per heavy atom. The summed E-state index contributed by atoms with van der Waals surface area (Å²) >= 11 is 0. The van der Waals surface area contributed by atoms with E-state index in [0.717, 1.165) is 24.4 Å². The van der Waals surface area contributed by atoms with Crippen molar-refractivity contribution < 1.29 is 9.53 Å². The zero-order valence-corrected chi connectivity index (χ0v) is 15.9. The summed E-state index contributed by atoms with van der Waals surface area (Å²) in [6, 6.07) is 8.71. The first-order valence-corrected chi connectivity index (χ1v) is 9.42. The molecule has 1 heterocycles. The maximum absolute atomic E-state index is 12.2. The largest absolute Gasteiger partial charge is 0.494 e. The number of nitrogens with one attached hydrogen (secondary N) is 2. The van der Waals surface area contributed by atoms with Crippen LogP contribution in [0.1, 0.15) is 38.7 Å². The zero-order chi connectivity index (χ0) is 18.8. The van der Waals surface area contributed by atoms with Crippen LogP contribution in [0.3, 0.4) is 0 Å². The van der Waals surface area contributed by atoms with Gasteiger partial charge < -0.3 is 15.4 Å². The van der Waals surface area contributed by atoms with Crippen LogP contribution in [0, 0.1) is 0 Å². The van der Waals surface area contributed by atoms with Crippen LogP contribution in [-0.2, 0) is 16.0 Å². The SMILES string of the molecule is C=C(/C=C\C(=C/C)OCC)C(=O)Nc1ccc(CCC2CCCN2)cc1. The number of benzene rings is 1. The molecule has 1 amide bonds. The van der Waals surface area contributed by atoms with Crippen molar-refractivity contribution in [3.8, 4) is 0 Å². The Balaban J connectivity index is 1.82. The molecule has 1 saturated heterocycles. The first kappa shape index (κ1) is 20.0. The molecule has 1 aromatic carbocycles. The fourth-order valence-electron chi connectivity index (χ4n) is 2.96. The van der Waals surface area contributed by atoms with Crippen LogP contribution < -0.4 is 10.6 Å².